The number of furan rings is 1. The molecule has 5 heteroatoms. The summed E-state index contributed by atoms with van der Waals surface area (Å²) < 4.78 is 10.1. The lowest BCUT2D eigenvalue weighted by molar-refractivity contribution is 0.0599. The number of nitrogens with one attached hydrogen (secondary N) is 1. The number of esters is 1. The van der Waals surface area contributed by atoms with E-state index in [2.05, 4.69) is 10.1 Å². The van der Waals surface area contributed by atoms with Crippen LogP contribution in [0.1, 0.15) is 34.7 Å². The first-order chi connectivity index (χ1) is 8.60. The summed E-state index contributed by atoms with van der Waals surface area (Å²) in [7, 11) is 1.35. The van der Waals surface area contributed by atoms with E-state index in [4.69, 9.17) is 4.42 Å². The third-order valence-electron chi connectivity index (χ3n) is 3.47. The lowest BCUT2D eigenvalue weighted by atomic mass is 10.1. The Labute approximate surface area is 106 Å². The van der Waals surface area contributed by atoms with Gasteiger partial charge in [0, 0.05) is 18.6 Å². The first-order valence-corrected chi connectivity index (χ1v) is 6.09. The molecule has 1 aromatic rings. The van der Waals surface area contributed by atoms with E-state index in [-0.39, 0.29) is 18.0 Å². The van der Waals surface area contributed by atoms with Gasteiger partial charge in [0.05, 0.1) is 13.7 Å². The molecule has 18 heavy (non-hydrogen) atoms. The van der Waals surface area contributed by atoms with Gasteiger partial charge in [-0.2, -0.15) is 0 Å². The van der Waals surface area contributed by atoms with Crippen LogP contribution in [0.25, 0.3) is 0 Å². The van der Waals surface area contributed by atoms with Crippen LogP contribution < -0.4 is 5.32 Å². The summed E-state index contributed by atoms with van der Waals surface area (Å²) in [5, 5.41) is 12.4. The molecule has 0 unspecified atom stereocenters. The van der Waals surface area contributed by atoms with Gasteiger partial charge in [-0.05, 0) is 25.8 Å². The van der Waals surface area contributed by atoms with E-state index in [0.717, 1.165) is 19.4 Å². The lowest BCUT2D eigenvalue weighted by Crippen LogP contribution is -2.25. The van der Waals surface area contributed by atoms with Gasteiger partial charge < -0.3 is 19.6 Å². The minimum absolute atomic E-state index is 0.0762. The highest BCUT2D eigenvalue weighted by Gasteiger charge is 2.41. The summed E-state index contributed by atoms with van der Waals surface area (Å²) in [5.41, 5.74) is 0.546. The molecule has 1 aliphatic rings. The lowest BCUT2D eigenvalue weighted by Gasteiger charge is -2.11. The van der Waals surface area contributed by atoms with Gasteiger partial charge in [0.1, 0.15) is 17.1 Å². The third-order valence-corrected chi connectivity index (χ3v) is 3.47. The van der Waals surface area contributed by atoms with Crippen LogP contribution in [0.5, 0.6) is 0 Å². The van der Waals surface area contributed by atoms with Crippen LogP contribution in [0.3, 0.4) is 0 Å². The van der Waals surface area contributed by atoms with E-state index in [1.54, 1.807) is 13.0 Å². The van der Waals surface area contributed by atoms with Gasteiger partial charge in [0.25, 0.3) is 0 Å². The van der Waals surface area contributed by atoms with Crippen LogP contribution in [0.4, 0.5) is 0 Å². The number of hydrogen-bond acceptors (Lipinski definition) is 5. The van der Waals surface area contributed by atoms with Crippen molar-refractivity contribution in [3.63, 3.8) is 0 Å². The largest absolute Gasteiger partial charge is 0.465 e. The SMILES string of the molecule is COC(=O)c1cc(CNCC2(CO)CC2)oc1C. The quantitative estimate of drug-likeness (QED) is 0.746. The molecular weight excluding hydrogens is 234 g/mol. The van der Waals surface area contributed by atoms with Gasteiger partial charge in [0.2, 0.25) is 0 Å². The molecule has 0 atom stereocenters. The monoisotopic (exact) mass is 253 g/mol. The van der Waals surface area contributed by atoms with E-state index in [1.807, 2.05) is 0 Å². The summed E-state index contributed by atoms with van der Waals surface area (Å²) in [6, 6.07) is 1.70. The van der Waals surface area contributed by atoms with Crippen molar-refractivity contribution >= 4 is 5.97 Å². The number of rotatable bonds is 6. The van der Waals surface area contributed by atoms with Crippen molar-refractivity contribution in [2.75, 3.05) is 20.3 Å². The molecule has 0 aliphatic heterocycles. The standard InChI is InChI=1S/C13H19NO4/c1-9-11(12(16)17-2)5-10(18-9)6-14-7-13(8-15)3-4-13/h5,14-15H,3-4,6-8H2,1-2H3. The Kier molecular flexibility index (Phi) is 3.73. The van der Waals surface area contributed by atoms with Crippen molar-refractivity contribution in [1.29, 1.82) is 0 Å². The predicted molar refractivity (Wildman–Crippen MR) is 65.2 cm³/mol. The molecule has 0 aromatic carbocycles. The first-order valence-electron chi connectivity index (χ1n) is 6.09. The van der Waals surface area contributed by atoms with Crippen LogP contribution >= 0.6 is 0 Å². The van der Waals surface area contributed by atoms with Gasteiger partial charge in [0.15, 0.2) is 0 Å². The predicted octanol–water partition coefficient (Wildman–Crippen LogP) is 1.24. The molecule has 0 amide bonds. The van der Waals surface area contributed by atoms with Crippen molar-refractivity contribution in [2.24, 2.45) is 5.41 Å². The molecule has 1 saturated carbocycles. The topological polar surface area (TPSA) is 71.7 Å². The fraction of sp³-hybridized carbons (Fsp3) is 0.615. The smallest absolute Gasteiger partial charge is 0.341 e. The van der Waals surface area contributed by atoms with Crippen LogP contribution in [-0.2, 0) is 11.3 Å². The van der Waals surface area contributed by atoms with Gasteiger partial charge in [-0.15, -0.1) is 0 Å². The molecular formula is C13H19NO4. The number of ether oxygens (including phenoxy) is 1. The van der Waals surface area contributed by atoms with Gasteiger partial charge in [-0.25, -0.2) is 4.79 Å². The summed E-state index contributed by atoms with van der Waals surface area (Å²) in [6.45, 7) is 3.30. The van der Waals surface area contributed by atoms with Gasteiger partial charge in [-0.1, -0.05) is 0 Å². The number of carbonyl (C=O) groups is 1. The van der Waals surface area contributed by atoms with E-state index < -0.39 is 0 Å². The molecule has 5 nitrogen and oxygen atoms in total. The average Bonchev–Trinajstić information content (AvgIpc) is 3.06. The molecule has 0 radical (unpaired) electrons. The number of aliphatic hydroxyl groups excluding tert-OH is 1. The molecule has 0 saturated heterocycles. The van der Waals surface area contributed by atoms with Gasteiger partial charge in [-0.3, -0.25) is 0 Å². The maximum Gasteiger partial charge on any atom is 0.341 e. The number of aryl methyl sites for hydroxylation is 1. The van der Waals surface area contributed by atoms with E-state index in [1.165, 1.54) is 7.11 Å². The summed E-state index contributed by atoms with van der Waals surface area (Å²) in [4.78, 5) is 11.4. The molecule has 1 fully saturated rings. The Morgan fingerprint density at radius 2 is 2.33 bits per heavy atom. The van der Waals surface area contributed by atoms with Crippen LogP contribution in [-0.4, -0.2) is 31.3 Å². The van der Waals surface area contributed by atoms with Crippen molar-refractivity contribution in [3.05, 3.63) is 23.2 Å². The normalized spacial score (nSPS) is 16.6. The van der Waals surface area contributed by atoms with Gasteiger partial charge >= 0.3 is 5.97 Å². The molecule has 2 rings (SSSR count). The summed E-state index contributed by atoms with van der Waals surface area (Å²) >= 11 is 0. The zero-order valence-electron chi connectivity index (χ0n) is 10.8. The molecule has 2 N–H and O–H groups in total. The Hall–Kier alpha value is -1.33. The Morgan fingerprint density at radius 3 is 2.89 bits per heavy atom. The highest BCUT2D eigenvalue weighted by atomic mass is 16.5. The summed E-state index contributed by atoms with van der Waals surface area (Å²) in [6.07, 6.45) is 2.14. The molecule has 0 spiro atoms. The fourth-order valence-corrected chi connectivity index (χ4v) is 1.96. The van der Waals surface area contributed by atoms with Crippen molar-refractivity contribution in [1.82, 2.24) is 5.32 Å². The maximum atomic E-state index is 11.4. The van der Waals surface area contributed by atoms with Crippen LogP contribution in [0, 0.1) is 12.3 Å². The Morgan fingerprint density at radius 1 is 1.61 bits per heavy atom. The molecule has 1 aliphatic carbocycles. The first kappa shape index (κ1) is 13.1. The highest BCUT2D eigenvalue weighted by molar-refractivity contribution is 5.90. The molecule has 1 aromatic heterocycles. The molecule has 1 heterocycles. The Balaban J connectivity index is 1.88. The van der Waals surface area contributed by atoms with Crippen LogP contribution in [0.2, 0.25) is 0 Å². The fourth-order valence-electron chi connectivity index (χ4n) is 1.96. The van der Waals surface area contributed by atoms with Crippen molar-refractivity contribution < 1.29 is 19.1 Å². The number of aliphatic hydroxyl groups is 1. The van der Waals surface area contributed by atoms with Crippen molar-refractivity contribution in [2.45, 2.75) is 26.3 Å². The average molecular weight is 253 g/mol. The second-order valence-corrected chi connectivity index (χ2v) is 4.94. The number of methoxy groups -OCH3 is 1. The number of hydrogen-bond donors (Lipinski definition) is 2. The zero-order valence-corrected chi connectivity index (χ0v) is 10.8. The van der Waals surface area contributed by atoms with E-state index >= 15 is 0 Å². The molecule has 100 valence electrons. The second kappa shape index (κ2) is 5.12. The van der Waals surface area contributed by atoms with E-state index in [9.17, 15) is 9.90 Å². The minimum Gasteiger partial charge on any atom is -0.465 e. The Bertz CT molecular complexity index is 434. The number of carbonyl (C=O) groups excluding carboxylic acids is 1. The second-order valence-electron chi connectivity index (χ2n) is 4.94. The summed E-state index contributed by atoms with van der Waals surface area (Å²) in [5.74, 6) is 0.903. The molecule has 0 bridgehead atoms. The third kappa shape index (κ3) is 2.73. The van der Waals surface area contributed by atoms with E-state index in [0.29, 0.717) is 23.6 Å². The van der Waals surface area contributed by atoms with Crippen molar-refractivity contribution in [3.8, 4) is 0 Å². The van der Waals surface area contributed by atoms with Crippen LogP contribution in [0.15, 0.2) is 10.5 Å². The minimum atomic E-state index is -0.378. The highest BCUT2D eigenvalue weighted by Crippen LogP contribution is 2.44. The zero-order chi connectivity index (χ0) is 13.2. The maximum absolute atomic E-state index is 11.4.